The van der Waals surface area contributed by atoms with Gasteiger partial charge in [0.05, 0.1) is 0 Å². The molecule has 1 unspecified atom stereocenters. The molecule has 0 spiro atoms. The van der Waals surface area contributed by atoms with Gasteiger partial charge < -0.3 is 10.7 Å². The average molecular weight is 286 g/mol. The highest BCUT2D eigenvalue weighted by Crippen LogP contribution is 2.61. The molecule has 1 heterocycles. The molecule has 0 amide bonds. The first-order valence-electron chi connectivity index (χ1n) is 8.36. The van der Waals surface area contributed by atoms with Crippen molar-refractivity contribution in [3.05, 3.63) is 18.3 Å². The van der Waals surface area contributed by atoms with E-state index >= 15 is 0 Å². The van der Waals surface area contributed by atoms with Crippen molar-refractivity contribution in [3.8, 4) is 0 Å². The van der Waals surface area contributed by atoms with Crippen LogP contribution in [0.25, 0.3) is 0 Å². The number of nitrogens with zero attached hydrogens (tertiary/aromatic N) is 1. The van der Waals surface area contributed by atoms with Crippen molar-refractivity contribution in [2.24, 2.45) is 29.0 Å². The molecule has 4 fully saturated rings. The fraction of sp³-hybridized carbons (Fsp3) is 0.706. The Hall–Kier alpha value is -1.29. The molecule has 1 aromatic rings. The molecule has 4 heteroatoms. The zero-order chi connectivity index (χ0) is 14.4. The van der Waals surface area contributed by atoms with Gasteiger partial charge >= 0.3 is 0 Å². The summed E-state index contributed by atoms with van der Waals surface area (Å²) >= 11 is 0. The minimum Gasteiger partial charge on any atom is -0.382 e. The van der Waals surface area contributed by atoms with Gasteiger partial charge in [-0.3, -0.25) is 0 Å². The molecule has 21 heavy (non-hydrogen) atoms. The van der Waals surface area contributed by atoms with Gasteiger partial charge in [0.1, 0.15) is 5.82 Å². The van der Waals surface area contributed by atoms with Gasteiger partial charge in [-0.15, -0.1) is 0 Å². The number of pyridine rings is 1. The van der Waals surface area contributed by atoms with Crippen LogP contribution in [0.3, 0.4) is 0 Å². The summed E-state index contributed by atoms with van der Waals surface area (Å²) < 4.78 is 0. The maximum Gasteiger partial charge on any atom is 0.141 e. The van der Waals surface area contributed by atoms with Crippen molar-refractivity contribution in [3.63, 3.8) is 0 Å². The number of hydrogen-bond acceptors (Lipinski definition) is 4. The SMILES string of the molecule is CC(Nc1ccnc(NN)c1)C12CC3CC(CC(C3)C1)C2. The molecule has 4 bridgehead atoms. The Balaban J connectivity index is 1.53. The highest BCUT2D eigenvalue weighted by atomic mass is 15.2. The summed E-state index contributed by atoms with van der Waals surface area (Å²) in [6, 6.07) is 4.56. The van der Waals surface area contributed by atoms with Gasteiger partial charge in [0.2, 0.25) is 0 Å². The largest absolute Gasteiger partial charge is 0.382 e. The molecule has 4 nitrogen and oxygen atoms in total. The Labute approximate surface area is 126 Å². The molecule has 1 atom stereocenters. The van der Waals surface area contributed by atoms with E-state index in [0.717, 1.165) is 29.3 Å². The van der Waals surface area contributed by atoms with Gasteiger partial charge in [-0.1, -0.05) is 0 Å². The Morgan fingerprint density at radius 1 is 1.19 bits per heavy atom. The van der Waals surface area contributed by atoms with Crippen molar-refractivity contribution in [2.75, 3.05) is 10.7 Å². The quantitative estimate of drug-likeness (QED) is 0.586. The summed E-state index contributed by atoms with van der Waals surface area (Å²) in [5.74, 6) is 9.17. The predicted octanol–water partition coefficient (Wildman–Crippen LogP) is 3.38. The van der Waals surface area contributed by atoms with E-state index in [1.165, 1.54) is 38.5 Å². The second-order valence-corrected chi connectivity index (χ2v) is 7.72. The zero-order valence-electron chi connectivity index (χ0n) is 12.8. The molecule has 0 aliphatic heterocycles. The molecule has 4 N–H and O–H groups in total. The van der Waals surface area contributed by atoms with Crippen molar-refractivity contribution < 1.29 is 0 Å². The van der Waals surface area contributed by atoms with Crippen molar-refractivity contribution in [1.29, 1.82) is 0 Å². The second-order valence-electron chi connectivity index (χ2n) is 7.72. The molecule has 1 aromatic heterocycles. The van der Waals surface area contributed by atoms with E-state index in [1.54, 1.807) is 0 Å². The van der Waals surface area contributed by atoms with Crippen LogP contribution in [0.15, 0.2) is 18.3 Å². The number of nitrogen functional groups attached to an aromatic ring is 1. The number of nitrogens with two attached hydrogens (primary N) is 1. The number of hydrazine groups is 1. The van der Waals surface area contributed by atoms with E-state index < -0.39 is 0 Å². The fourth-order valence-electron chi connectivity index (χ4n) is 5.71. The Bertz CT molecular complexity index is 492. The van der Waals surface area contributed by atoms with E-state index in [0.29, 0.717) is 11.5 Å². The summed E-state index contributed by atoms with van der Waals surface area (Å²) in [4.78, 5) is 4.18. The van der Waals surface area contributed by atoms with Crippen LogP contribution >= 0.6 is 0 Å². The number of nitrogens with one attached hydrogen (secondary N) is 2. The topological polar surface area (TPSA) is 63.0 Å². The number of anilines is 2. The lowest BCUT2D eigenvalue weighted by Crippen LogP contribution is -2.52. The van der Waals surface area contributed by atoms with Gasteiger partial charge in [0.25, 0.3) is 0 Å². The fourth-order valence-corrected chi connectivity index (χ4v) is 5.71. The van der Waals surface area contributed by atoms with Crippen LogP contribution in [-0.2, 0) is 0 Å². The van der Waals surface area contributed by atoms with Crippen LogP contribution in [0, 0.1) is 23.2 Å². The summed E-state index contributed by atoms with van der Waals surface area (Å²) in [5, 5.41) is 3.74. The lowest BCUT2D eigenvalue weighted by atomic mass is 9.48. The summed E-state index contributed by atoms with van der Waals surface area (Å²) in [6.07, 6.45) is 10.6. The zero-order valence-corrected chi connectivity index (χ0v) is 12.8. The maximum absolute atomic E-state index is 5.46. The van der Waals surface area contributed by atoms with E-state index in [4.69, 9.17) is 5.84 Å². The lowest BCUT2D eigenvalue weighted by molar-refractivity contribution is -0.0602. The number of aromatic nitrogens is 1. The van der Waals surface area contributed by atoms with Crippen LogP contribution in [0.2, 0.25) is 0 Å². The summed E-state index contributed by atoms with van der Waals surface area (Å²) in [7, 11) is 0. The molecule has 4 aliphatic carbocycles. The van der Waals surface area contributed by atoms with Gasteiger partial charge in [0, 0.05) is 24.0 Å². The third kappa shape index (κ3) is 2.30. The Morgan fingerprint density at radius 3 is 2.38 bits per heavy atom. The predicted molar refractivity (Wildman–Crippen MR) is 85.7 cm³/mol. The van der Waals surface area contributed by atoms with Crippen LogP contribution in [0.4, 0.5) is 11.5 Å². The first-order valence-corrected chi connectivity index (χ1v) is 8.36. The smallest absolute Gasteiger partial charge is 0.141 e. The van der Waals surface area contributed by atoms with Crippen molar-refractivity contribution >= 4 is 11.5 Å². The first kappa shape index (κ1) is 13.4. The first-order chi connectivity index (χ1) is 10.2. The third-order valence-electron chi connectivity index (χ3n) is 6.30. The molecule has 0 radical (unpaired) electrons. The van der Waals surface area contributed by atoms with E-state index in [9.17, 15) is 0 Å². The molecule has 0 saturated heterocycles. The lowest BCUT2D eigenvalue weighted by Gasteiger charge is -2.59. The van der Waals surface area contributed by atoms with Crippen molar-refractivity contribution in [1.82, 2.24) is 4.98 Å². The summed E-state index contributed by atoms with van der Waals surface area (Å²) in [6.45, 7) is 2.38. The molecular formula is C17H26N4. The molecule has 4 saturated carbocycles. The Kier molecular flexibility index (Phi) is 3.10. The van der Waals surface area contributed by atoms with Crippen molar-refractivity contribution in [2.45, 2.75) is 51.5 Å². The average Bonchev–Trinajstić information content (AvgIpc) is 2.46. The molecule has 5 rings (SSSR count). The highest BCUT2D eigenvalue weighted by Gasteiger charge is 2.53. The van der Waals surface area contributed by atoms with E-state index in [2.05, 4.69) is 22.7 Å². The number of hydrogen-bond donors (Lipinski definition) is 3. The monoisotopic (exact) mass is 286 g/mol. The van der Waals surface area contributed by atoms with Gasteiger partial charge in [0.15, 0.2) is 0 Å². The highest BCUT2D eigenvalue weighted by molar-refractivity contribution is 5.52. The van der Waals surface area contributed by atoms with Crippen LogP contribution in [-0.4, -0.2) is 11.0 Å². The minimum absolute atomic E-state index is 0.522. The van der Waals surface area contributed by atoms with E-state index in [-0.39, 0.29) is 0 Å². The second kappa shape index (κ2) is 4.87. The normalized spacial score (nSPS) is 38.3. The van der Waals surface area contributed by atoms with Crippen LogP contribution < -0.4 is 16.6 Å². The maximum atomic E-state index is 5.46. The Morgan fingerprint density at radius 2 is 1.81 bits per heavy atom. The molecular weight excluding hydrogens is 260 g/mol. The molecule has 4 aliphatic rings. The standard InChI is InChI=1S/C17H26N4/c1-11(20-15-2-3-19-16(7-15)21-18)17-8-12-4-13(9-17)6-14(5-12)10-17/h2-3,7,11-14H,4-6,8-10,18H2,1H3,(H2,19,20,21). The summed E-state index contributed by atoms with van der Waals surface area (Å²) in [5.41, 5.74) is 4.27. The van der Waals surface area contributed by atoms with Crippen LogP contribution in [0.1, 0.15) is 45.4 Å². The van der Waals surface area contributed by atoms with Gasteiger partial charge in [-0.05, 0) is 74.7 Å². The molecule has 0 aromatic carbocycles. The van der Waals surface area contributed by atoms with Crippen LogP contribution in [0.5, 0.6) is 0 Å². The minimum atomic E-state index is 0.522. The number of rotatable bonds is 4. The molecule has 114 valence electrons. The van der Waals surface area contributed by atoms with Gasteiger partial charge in [-0.25, -0.2) is 10.8 Å². The van der Waals surface area contributed by atoms with E-state index in [1.807, 2.05) is 18.3 Å². The van der Waals surface area contributed by atoms with Gasteiger partial charge in [-0.2, -0.15) is 0 Å². The third-order valence-corrected chi connectivity index (χ3v) is 6.30.